The van der Waals surface area contributed by atoms with Crippen LogP contribution < -0.4 is 11.1 Å². The quantitative estimate of drug-likeness (QED) is 0.377. The number of likely N-dealkylation sites (tertiary alicyclic amines) is 1. The van der Waals surface area contributed by atoms with Gasteiger partial charge in [-0.05, 0) is 58.6 Å². The predicted octanol–water partition coefficient (Wildman–Crippen LogP) is 5.66. The number of hydrogen-bond donors (Lipinski definition) is 2. The number of fused-ring (bicyclic) bond motifs is 1. The number of amides is 2. The number of nitrogens with two attached hydrogens (primary N) is 1. The lowest BCUT2D eigenvalue weighted by Gasteiger charge is -2.32. The summed E-state index contributed by atoms with van der Waals surface area (Å²) in [6.45, 7) is 17.0. The van der Waals surface area contributed by atoms with Gasteiger partial charge in [0.05, 0.1) is 24.5 Å². The number of anilines is 1. The third-order valence-corrected chi connectivity index (χ3v) is 7.38. The number of morpholine rings is 1. The third-order valence-electron chi connectivity index (χ3n) is 7.38. The van der Waals surface area contributed by atoms with Crippen molar-refractivity contribution in [2.45, 2.75) is 72.4 Å². The molecule has 0 bridgehead atoms. The summed E-state index contributed by atoms with van der Waals surface area (Å²) >= 11 is 0. The highest BCUT2D eigenvalue weighted by Crippen LogP contribution is 2.28. The number of hydrogen-bond acceptors (Lipinski definition) is 9. The van der Waals surface area contributed by atoms with Crippen molar-refractivity contribution in [3.8, 4) is 11.3 Å². The SMILES string of the molecule is CC.CC(C)(C)OC(=O)N1CCCCC1.CNc1ncnc2c(C(N)=O)cc(-c3ccc(C(C)N4CCOCC4)cc3)nc12. The Morgan fingerprint density at radius 1 is 0.977 bits per heavy atom. The molecule has 11 nitrogen and oxygen atoms in total. The molecule has 3 N–H and O–H groups in total. The summed E-state index contributed by atoms with van der Waals surface area (Å²) in [5.41, 5.74) is 9.31. The van der Waals surface area contributed by atoms with Crippen LogP contribution in [0.15, 0.2) is 36.7 Å². The molecule has 11 heteroatoms. The Hall–Kier alpha value is -3.83. The number of primary amides is 1. The Morgan fingerprint density at radius 2 is 1.61 bits per heavy atom. The van der Waals surface area contributed by atoms with E-state index in [4.69, 9.17) is 20.2 Å². The lowest BCUT2D eigenvalue weighted by atomic mass is 10.0. The maximum atomic E-state index is 12.0. The molecule has 2 fully saturated rings. The van der Waals surface area contributed by atoms with Crippen molar-refractivity contribution in [1.29, 1.82) is 0 Å². The molecule has 4 heterocycles. The Balaban J connectivity index is 0.000000296. The van der Waals surface area contributed by atoms with Crippen LogP contribution in [-0.2, 0) is 9.47 Å². The van der Waals surface area contributed by atoms with Gasteiger partial charge in [0.1, 0.15) is 23.0 Å². The van der Waals surface area contributed by atoms with Crippen molar-refractivity contribution in [2.75, 3.05) is 51.8 Å². The highest BCUT2D eigenvalue weighted by Gasteiger charge is 2.23. The number of nitrogens with zero attached hydrogens (tertiary/aromatic N) is 5. The van der Waals surface area contributed by atoms with Crippen molar-refractivity contribution in [3.63, 3.8) is 0 Å². The molecule has 240 valence electrons. The maximum absolute atomic E-state index is 12.0. The minimum Gasteiger partial charge on any atom is -0.444 e. The van der Waals surface area contributed by atoms with Crippen LogP contribution in [0, 0.1) is 0 Å². The summed E-state index contributed by atoms with van der Waals surface area (Å²) < 4.78 is 10.7. The summed E-state index contributed by atoms with van der Waals surface area (Å²) in [6.07, 6.45) is 4.69. The Morgan fingerprint density at radius 3 is 2.18 bits per heavy atom. The van der Waals surface area contributed by atoms with E-state index in [-0.39, 0.29) is 11.7 Å². The zero-order valence-corrected chi connectivity index (χ0v) is 27.4. The highest BCUT2D eigenvalue weighted by atomic mass is 16.6. The number of carbonyl (C=O) groups is 2. The monoisotopic (exact) mass is 607 g/mol. The molecule has 0 spiro atoms. The maximum Gasteiger partial charge on any atom is 0.410 e. The fraction of sp³-hybridized carbons (Fsp3) is 0.545. The average molecular weight is 608 g/mol. The van der Waals surface area contributed by atoms with Crippen molar-refractivity contribution in [1.82, 2.24) is 24.8 Å². The van der Waals surface area contributed by atoms with Gasteiger partial charge in [-0.3, -0.25) is 9.69 Å². The molecule has 3 aromatic rings. The molecule has 1 atom stereocenters. The van der Waals surface area contributed by atoms with Gasteiger partial charge in [0.15, 0.2) is 5.82 Å². The minimum atomic E-state index is -0.544. The first kappa shape index (κ1) is 34.7. The van der Waals surface area contributed by atoms with Gasteiger partial charge in [-0.2, -0.15) is 0 Å². The van der Waals surface area contributed by atoms with Crippen LogP contribution in [0.25, 0.3) is 22.3 Å². The largest absolute Gasteiger partial charge is 0.444 e. The molecule has 0 radical (unpaired) electrons. The summed E-state index contributed by atoms with van der Waals surface area (Å²) in [4.78, 5) is 40.8. The third kappa shape index (κ3) is 9.33. The van der Waals surface area contributed by atoms with E-state index in [9.17, 15) is 9.59 Å². The van der Waals surface area contributed by atoms with Crippen LogP contribution in [0.1, 0.15) is 82.8 Å². The van der Waals surface area contributed by atoms with E-state index >= 15 is 0 Å². The van der Waals surface area contributed by atoms with Gasteiger partial charge < -0.3 is 25.4 Å². The average Bonchev–Trinajstić information content (AvgIpc) is 3.05. The standard InChI is InChI=1S/C21H24N6O2.C10H19NO2.C2H6/c1-13(27-7-9-29-10-8-27)14-3-5-15(6-4-14)17-11-16(20(22)28)18-19(26-17)21(23-2)25-12-24-18;1-10(2,3)13-9(12)11-7-5-4-6-8-11;1-2/h3-6,11-13H,7-10H2,1-2H3,(H2,22,28)(H,23,24,25);4-8H2,1-3H3;1-2H3. The van der Waals surface area contributed by atoms with Crippen LogP contribution in [0.2, 0.25) is 0 Å². The summed E-state index contributed by atoms with van der Waals surface area (Å²) in [5, 5.41) is 2.99. The number of nitrogens with one attached hydrogen (secondary N) is 1. The van der Waals surface area contributed by atoms with Crippen molar-refractivity contribution < 1.29 is 19.1 Å². The number of piperidine rings is 1. The van der Waals surface area contributed by atoms with E-state index in [2.05, 4.69) is 39.2 Å². The van der Waals surface area contributed by atoms with E-state index in [1.54, 1.807) is 18.0 Å². The molecule has 2 aromatic heterocycles. The van der Waals surface area contributed by atoms with Gasteiger partial charge in [-0.15, -0.1) is 0 Å². The number of carbonyl (C=O) groups excluding carboxylic acids is 2. The summed E-state index contributed by atoms with van der Waals surface area (Å²) in [6, 6.07) is 10.2. The first-order valence-electron chi connectivity index (χ1n) is 15.6. The summed E-state index contributed by atoms with van der Waals surface area (Å²) in [5.74, 6) is 0.00822. The van der Waals surface area contributed by atoms with E-state index in [0.717, 1.165) is 57.8 Å². The van der Waals surface area contributed by atoms with Crippen molar-refractivity contribution in [3.05, 3.63) is 47.8 Å². The minimum absolute atomic E-state index is 0.160. The molecule has 5 rings (SSSR count). The number of benzene rings is 1. The van der Waals surface area contributed by atoms with Gasteiger partial charge in [-0.25, -0.2) is 19.7 Å². The van der Waals surface area contributed by atoms with Crippen LogP contribution in [0.4, 0.5) is 10.6 Å². The number of ether oxygens (including phenoxy) is 2. The first-order chi connectivity index (χ1) is 21.1. The number of aromatic nitrogens is 3. The Bertz CT molecular complexity index is 1360. The normalized spacial score (nSPS) is 16.1. The first-order valence-corrected chi connectivity index (χ1v) is 15.6. The lowest BCUT2D eigenvalue weighted by Crippen LogP contribution is -2.39. The molecule has 44 heavy (non-hydrogen) atoms. The van der Waals surface area contributed by atoms with Gasteiger partial charge in [-0.1, -0.05) is 38.1 Å². The fourth-order valence-corrected chi connectivity index (χ4v) is 5.07. The van der Waals surface area contributed by atoms with Crippen LogP contribution in [0.3, 0.4) is 0 Å². The molecule has 1 aromatic carbocycles. The molecule has 2 saturated heterocycles. The molecule has 2 aliphatic rings. The summed E-state index contributed by atoms with van der Waals surface area (Å²) in [7, 11) is 1.75. The highest BCUT2D eigenvalue weighted by molar-refractivity contribution is 6.06. The second kappa shape index (κ2) is 16.3. The van der Waals surface area contributed by atoms with E-state index < -0.39 is 5.91 Å². The zero-order chi connectivity index (χ0) is 32.3. The molecule has 2 aliphatic heterocycles. The number of pyridine rings is 1. The van der Waals surface area contributed by atoms with Gasteiger partial charge in [0.2, 0.25) is 0 Å². The van der Waals surface area contributed by atoms with Crippen LogP contribution >= 0.6 is 0 Å². The van der Waals surface area contributed by atoms with Crippen LogP contribution in [0.5, 0.6) is 0 Å². The Labute approximate surface area is 261 Å². The van der Waals surface area contributed by atoms with Gasteiger partial charge in [0, 0.05) is 44.8 Å². The molecular weight excluding hydrogens is 558 g/mol. The van der Waals surface area contributed by atoms with E-state index in [1.807, 2.05) is 46.8 Å². The molecular formula is C33H49N7O4. The van der Waals surface area contributed by atoms with Gasteiger partial charge in [0.25, 0.3) is 5.91 Å². The fourth-order valence-electron chi connectivity index (χ4n) is 5.07. The molecule has 0 saturated carbocycles. The van der Waals surface area contributed by atoms with Crippen molar-refractivity contribution >= 4 is 28.9 Å². The van der Waals surface area contributed by atoms with E-state index in [1.165, 1.54) is 18.3 Å². The number of rotatable bonds is 5. The predicted molar refractivity (Wildman–Crippen MR) is 175 cm³/mol. The zero-order valence-electron chi connectivity index (χ0n) is 27.4. The second-order valence-electron chi connectivity index (χ2n) is 11.6. The molecule has 2 amide bonds. The second-order valence-corrected chi connectivity index (χ2v) is 11.6. The Kier molecular flexibility index (Phi) is 12.8. The molecule has 1 unspecified atom stereocenters. The lowest BCUT2D eigenvalue weighted by molar-refractivity contribution is 0.0198. The van der Waals surface area contributed by atoms with Crippen LogP contribution in [-0.4, -0.2) is 88.8 Å². The topological polar surface area (TPSA) is 136 Å². The van der Waals surface area contributed by atoms with E-state index in [0.29, 0.717) is 34.2 Å². The molecule has 0 aliphatic carbocycles. The smallest absolute Gasteiger partial charge is 0.410 e. The van der Waals surface area contributed by atoms with Crippen molar-refractivity contribution in [2.24, 2.45) is 5.73 Å². The van der Waals surface area contributed by atoms with Gasteiger partial charge >= 0.3 is 6.09 Å².